The largest absolute Gasteiger partial charge is 0.445 e. The highest BCUT2D eigenvalue weighted by atomic mass is 16.5. The van der Waals surface area contributed by atoms with Gasteiger partial charge in [0, 0.05) is 19.6 Å². The lowest BCUT2D eigenvalue weighted by Gasteiger charge is -2.13. The lowest BCUT2D eigenvalue weighted by Crippen LogP contribution is -2.43. The minimum absolute atomic E-state index is 0.0155. The van der Waals surface area contributed by atoms with Crippen LogP contribution in [0.1, 0.15) is 17.5 Å². The van der Waals surface area contributed by atoms with Gasteiger partial charge < -0.3 is 25.4 Å². The molecule has 1 fully saturated rings. The van der Waals surface area contributed by atoms with E-state index in [1.54, 1.807) is 0 Å². The number of alkyl carbamates (subject to hydrolysis) is 1. The summed E-state index contributed by atoms with van der Waals surface area (Å²) in [6, 6.07) is 23.7. The van der Waals surface area contributed by atoms with Crippen molar-refractivity contribution >= 4 is 22.8 Å². The second kappa shape index (κ2) is 11.4. The van der Waals surface area contributed by atoms with Crippen LogP contribution in [-0.4, -0.2) is 43.8 Å². The van der Waals surface area contributed by atoms with Crippen molar-refractivity contribution in [2.24, 2.45) is 0 Å². The third-order valence-corrected chi connectivity index (χ3v) is 5.61. The summed E-state index contributed by atoms with van der Waals surface area (Å²) < 4.78 is 11.2. The van der Waals surface area contributed by atoms with Crippen molar-refractivity contribution in [2.75, 3.05) is 19.6 Å². The molecule has 3 aromatic carbocycles. The summed E-state index contributed by atoms with van der Waals surface area (Å²) in [4.78, 5) is 24.1. The van der Waals surface area contributed by atoms with Gasteiger partial charge in [-0.2, -0.15) is 0 Å². The number of amides is 2. The van der Waals surface area contributed by atoms with Crippen LogP contribution in [0.25, 0.3) is 10.8 Å². The zero-order valence-corrected chi connectivity index (χ0v) is 18.5. The van der Waals surface area contributed by atoms with E-state index in [-0.39, 0.29) is 24.7 Å². The van der Waals surface area contributed by atoms with Crippen LogP contribution in [0.15, 0.2) is 72.8 Å². The molecule has 1 heterocycles. The Morgan fingerprint density at radius 2 is 1.61 bits per heavy atom. The summed E-state index contributed by atoms with van der Waals surface area (Å²) in [5.41, 5.74) is 2.04. The van der Waals surface area contributed by atoms with Crippen molar-refractivity contribution < 1.29 is 19.1 Å². The Labute approximate surface area is 193 Å². The van der Waals surface area contributed by atoms with Gasteiger partial charge in [0.25, 0.3) is 0 Å². The molecule has 1 aliphatic rings. The second-order valence-corrected chi connectivity index (χ2v) is 8.09. The zero-order chi connectivity index (χ0) is 22.9. The van der Waals surface area contributed by atoms with E-state index in [4.69, 9.17) is 9.47 Å². The van der Waals surface area contributed by atoms with E-state index in [2.05, 4.69) is 46.3 Å². The zero-order valence-electron chi connectivity index (χ0n) is 18.5. The molecule has 0 spiro atoms. The molecule has 0 radical (unpaired) electrons. The number of benzene rings is 3. The SMILES string of the molecule is O=C(NCCNC(=O)[C@H]1C[C@@H](OCc2ccc3ccccc3c2)CN1)OCc1ccccc1. The van der Waals surface area contributed by atoms with Gasteiger partial charge in [0.05, 0.1) is 18.8 Å². The van der Waals surface area contributed by atoms with E-state index in [1.165, 1.54) is 10.8 Å². The maximum absolute atomic E-state index is 12.4. The molecule has 0 aliphatic carbocycles. The standard InChI is InChI=1S/C26H29N3O4/c30-25(27-12-13-28-26(31)33-17-19-6-2-1-3-7-19)24-15-23(16-29-24)32-18-20-10-11-21-8-4-5-9-22(21)14-20/h1-11,14,23-24,29H,12-13,15-18H2,(H,27,30)(H,28,31)/t23-,24-/m1/s1. The van der Waals surface area contributed by atoms with E-state index in [0.29, 0.717) is 32.7 Å². The van der Waals surface area contributed by atoms with E-state index in [0.717, 1.165) is 11.1 Å². The van der Waals surface area contributed by atoms with Crippen molar-refractivity contribution in [1.82, 2.24) is 16.0 Å². The summed E-state index contributed by atoms with van der Waals surface area (Å²) in [6.07, 6.45) is 0.0962. The highest BCUT2D eigenvalue weighted by Gasteiger charge is 2.29. The van der Waals surface area contributed by atoms with E-state index in [9.17, 15) is 9.59 Å². The van der Waals surface area contributed by atoms with Crippen molar-refractivity contribution in [1.29, 1.82) is 0 Å². The second-order valence-electron chi connectivity index (χ2n) is 8.09. The highest BCUT2D eigenvalue weighted by molar-refractivity contribution is 5.83. The Bertz CT molecular complexity index is 1070. The van der Waals surface area contributed by atoms with E-state index >= 15 is 0 Å². The fourth-order valence-electron chi connectivity index (χ4n) is 3.82. The van der Waals surface area contributed by atoms with Gasteiger partial charge in [0.2, 0.25) is 5.91 Å². The number of nitrogens with one attached hydrogen (secondary N) is 3. The third kappa shape index (κ3) is 6.78. The number of hydrogen-bond acceptors (Lipinski definition) is 5. The van der Waals surface area contributed by atoms with Crippen LogP contribution < -0.4 is 16.0 Å². The molecular formula is C26H29N3O4. The molecule has 3 aromatic rings. The molecule has 0 aromatic heterocycles. The topological polar surface area (TPSA) is 88.7 Å². The number of ether oxygens (including phenoxy) is 2. The van der Waals surface area contributed by atoms with E-state index < -0.39 is 6.09 Å². The lowest BCUT2D eigenvalue weighted by molar-refractivity contribution is -0.123. The molecule has 0 saturated carbocycles. The number of carbonyl (C=O) groups is 2. The first-order valence-corrected chi connectivity index (χ1v) is 11.2. The van der Waals surface area contributed by atoms with Crippen molar-refractivity contribution in [3.63, 3.8) is 0 Å². The van der Waals surface area contributed by atoms with Crippen LogP contribution in [0.5, 0.6) is 0 Å². The van der Waals surface area contributed by atoms with Gasteiger partial charge in [-0.05, 0) is 34.4 Å². The van der Waals surface area contributed by atoms with Crippen LogP contribution in [0.3, 0.4) is 0 Å². The fraction of sp³-hybridized carbons (Fsp3) is 0.308. The maximum Gasteiger partial charge on any atom is 0.407 e. The van der Waals surface area contributed by atoms with Crippen LogP contribution in [0, 0.1) is 0 Å². The molecule has 2 amide bonds. The summed E-state index contributed by atoms with van der Waals surface area (Å²) in [5, 5.41) is 11.1. The Morgan fingerprint density at radius 3 is 2.45 bits per heavy atom. The molecule has 1 saturated heterocycles. The van der Waals surface area contributed by atoms with Crippen LogP contribution in [0.4, 0.5) is 4.79 Å². The average Bonchev–Trinajstić information content (AvgIpc) is 3.34. The van der Waals surface area contributed by atoms with Crippen molar-refractivity contribution in [2.45, 2.75) is 31.8 Å². The molecule has 1 aliphatic heterocycles. The monoisotopic (exact) mass is 447 g/mol. The van der Waals surface area contributed by atoms with Gasteiger partial charge in [-0.25, -0.2) is 4.79 Å². The number of rotatable bonds is 9. The minimum Gasteiger partial charge on any atom is -0.445 e. The van der Waals surface area contributed by atoms with Gasteiger partial charge in [-0.3, -0.25) is 4.79 Å². The molecule has 172 valence electrons. The van der Waals surface area contributed by atoms with Crippen molar-refractivity contribution in [3.05, 3.63) is 83.9 Å². The van der Waals surface area contributed by atoms with Crippen LogP contribution in [0.2, 0.25) is 0 Å². The number of fused-ring (bicyclic) bond motifs is 1. The first kappa shape index (κ1) is 22.8. The van der Waals surface area contributed by atoms with Crippen LogP contribution in [-0.2, 0) is 27.5 Å². The summed E-state index contributed by atoms with van der Waals surface area (Å²) in [6.45, 7) is 2.00. The molecule has 33 heavy (non-hydrogen) atoms. The summed E-state index contributed by atoms with van der Waals surface area (Å²) in [7, 11) is 0. The van der Waals surface area contributed by atoms with Crippen molar-refractivity contribution in [3.8, 4) is 0 Å². The maximum atomic E-state index is 12.4. The fourth-order valence-corrected chi connectivity index (χ4v) is 3.82. The number of hydrogen-bond donors (Lipinski definition) is 3. The van der Waals surface area contributed by atoms with Gasteiger partial charge >= 0.3 is 6.09 Å². The minimum atomic E-state index is -0.505. The predicted octanol–water partition coefficient (Wildman–Crippen LogP) is 3.13. The van der Waals surface area contributed by atoms with Crippen LogP contribution >= 0.6 is 0 Å². The first-order valence-electron chi connectivity index (χ1n) is 11.2. The molecular weight excluding hydrogens is 418 g/mol. The van der Waals surface area contributed by atoms with Gasteiger partial charge in [-0.1, -0.05) is 66.7 Å². The smallest absolute Gasteiger partial charge is 0.407 e. The van der Waals surface area contributed by atoms with E-state index in [1.807, 2.05) is 42.5 Å². The average molecular weight is 448 g/mol. The first-order chi connectivity index (χ1) is 16.2. The van der Waals surface area contributed by atoms with Gasteiger partial charge in [0.1, 0.15) is 6.61 Å². The Morgan fingerprint density at radius 1 is 0.848 bits per heavy atom. The van der Waals surface area contributed by atoms with Gasteiger partial charge in [-0.15, -0.1) is 0 Å². The molecule has 0 unspecified atom stereocenters. The molecule has 4 rings (SSSR count). The summed E-state index contributed by atoms with van der Waals surface area (Å²) >= 11 is 0. The molecule has 7 heteroatoms. The molecule has 3 N–H and O–H groups in total. The Kier molecular flexibility index (Phi) is 7.90. The predicted molar refractivity (Wildman–Crippen MR) is 127 cm³/mol. The quantitative estimate of drug-likeness (QED) is 0.439. The molecule has 0 bridgehead atoms. The Hall–Kier alpha value is -3.42. The number of carbonyl (C=O) groups excluding carboxylic acids is 2. The summed E-state index contributed by atoms with van der Waals surface area (Å²) in [5.74, 6) is -0.0914. The Balaban J connectivity index is 1.10. The molecule has 7 nitrogen and oxygen atoms in total. The molecule has 2 atom stereocenters. The third-order valence-electron chi connectivity index (χ3n) is 5.61. The normalized spacial score (nSPS) is 17.6. The van der Waals surface area contributed by atoms with Gasteiger partial charge in [0.15, 0.2) is 0 Å². The lowest BCUT2D eigenvalue weighted by atomic mass is 10.1. The highest BCUT2D eigenvalue weighted by Crippen LogP contribution is 2.18.